The molecule has 2 rings (SSSR count). The van der Waals surface area contributed by atoms with Crippen LogP contribution in [-0.4, -0.2) is 20.9 Å². The second-order valence-electron chi connectivity index (χ2n) is 2.90. The Balaban J connectivity index is 2.43. The summed E-state index contributed by atoms with van der Waals surface area (Å²) >= 11 is 5.75. The summed E-state index contributed by atoms with van der Waals surface area (Å²) in [5.41, 5.74) is -0.847. The molecule has 1 aliphatic carbocycles. The molecule has 64 valence electrons. The van der Waals surface area contributed by atoms with Gasteiger partial charge in [0.25, 0.3) is 0 Å². The number of nitrogens with zero attached hydrogens (tertiary/aromatic N) is 2. The smallest absolute Gasteiger partial charge is 0.331 e. The summed E-state index contributed by atoms with van der Waals surface area (Å²) in [6.07, 6.45) is 2.73. The molecule has 0 amide bonds. The zero-order chi connectivity index (χ0) is 8.77. The SMILES string of the molecule is O=C(O)C1(n2nccc2Cl)CC1. The minimum absolute atomic E-state index is 0.384. The third-order valence-corrected chi connectivity index (χ3v) is 2.41. The molecule has 0 bridgehead atoms. The number of aliphatic carboxylic acids is 1. The maximum atomic E-state index is 10.8. The standard InChI is InChI=1S/C7H7ClN2O2/c8-5-1-4-9-10(5)7(2-3-7)6(11)12/h1,4H,2-3H2,(H,11,12). The highest BCUT2D eigenvalue weighted by atomic mass is 35.5. The number of carboxylic acids is 1. The molecule has 1 heterocycles. The summed E-state index contributed by atoms with van der Waals surface area (Å²) in [5.74, 6) is -0.854. The van der Waals surface area contributed by atoms with Crippen molar-refractivity contribution in [2.75, 3.05) is 0 Å². The fraction of sp³-hybridized carbons (Fsp3) is 0.429. The maximum absolute atomic E-state index is 10.8. The van der Waals surface area contributed by atoms with Crippen molar-refractivity contribution in [3.05, 3.63) is 17.4 Å². The highest BCUT2D eigenvalue weighted by Crippen LogP contribution is 2.44. The molecule has 12 heavy (non-hydrogen) atoms. The van der Waals surface area contributed by atoms with E-state index in [4.69, 9.17) is 16.7 Å². The van der Waals surface area contributed by atoms with Gasteiger partial charge in [-0.3, -0.25) is 0 Å². The Hall–Kier alpha value is -1.03. The van der Waals surface area contributed by atoms with Gasteiger partial charge in [-0.1, -0.05) is 11.6 Å². The van der Waals surface area contributed by atoms with Gasteiger partial charge in [-0.25, -0.2) is 9.48 Å². The van der Waals surface area contributed by atoms with E-state index in [0.29, 0.717) is 18.0 Å². The molecule has 0 aromatic carbocycles. The molecule has 1 aromatic rings. The van der Waals surface area contributed by atoms with Gasteiger partial charge in [0.2, 0.25) is 0 Å². The van der Waals surface area contributed by atoms with E-state index in [1.54, 1.807) is 6.07 Å². The van der Waals surface area contributed by atoms with Crippen molar-refractivity contribution in [3.63, 3.8) is 0 Å². The van der Waals surface area contributed by atoms with Gasteiger partial charge < -0.3 is 5.11 Å². The van der Waals surface area contributed by atoms with Crippen molar-refractivity contribution in [1.82, 2.24) is 9.78 Å². The molecule has 0 saturated heterocycles. The minimum Gasteiger partial charge on any atom is -0.479 e. The predicted octanol–water partition coefficient (Wildman–Crippen LogP) is 1.11. The molecule has 1 saturated carbocycles. The van der Waals surface area contributed by atoms with E-state index in [0.717, 1.165) is 0 Å². The summed E-state index contributed by atoms with van der Waals surface area (Å²) in [7, 11) is 0. The lowest BCUT2D eigenvalue weighted by molar-refractivity contribution is -0.142. The molecular formula is C7H7ClN2O2. The molecule has 5 heteroatoms. The van der Waals surface area contributed by atoms with Crippen molar-refractivity contribution in [2.24, 2.45) is 0 Å². The number of aromatic nitrogens is 2. The van der Waals surface area contributed by atoms with Gasteiger partial charge in [0.05, 0.1) is 6.20 Å². The molecule has 0 radical (unpaired) electrons. The summed E-state index contributed by atoms with van der Waals surface area (Å²) in [5, 5.41) is 13.1. The van der Waals surface area contributed by atoms with Crippen LogP contribution in [0.15, 0.2) is 12.3 Å². The Morgan fingerprint density at radius 2 is 2.42 bits per heavy atom. The number of halogens is 1. The van der Waals surface area contributed by atoms with Crippen LogP contribution >= 0.6 is 11.6 Å². The summed E-state index contributed by atoms with van der Waals surface area (Å²) in [6.45, 7) is 0. The first-order chi connectivity index (χ1) is 5.67. The van der Waals surface area contributed by atoms with Gasteiger partial charge in [-0.15, -0.1) is 0 Å². The van der Waals surface area contributed by atoms with E-state index in [-0.39, 0.29) is 0 Å². The van der Waals surface area contributed by atoms with Crippen LogP contribution < -0.4 is 0 Å². The van der Waals surface area contributed by atoms with Crippen molar-refractivity contribution in [3.8, 4) is 0 Å². The normalized spacial score (nSPS) is 19.1. The molecule has 0 spiro atoms. The lowest BCUT2D eigenvalue weighted by Crippen LogP contribution is -2.28. The largest absolute Gasteiger partial charge is 0.479 e. The van der Waals surface area contributed by atoms with Crippen LogP contribution in [-0.2, 0) is 10.3 Å². The molecule has 1 aliphatic rings. The van der Waals surface area contributed by atoms with E-state index in [2.05, 4.69) is 5.10 Å². The van der Waals surface area contributed by atoms with Crippen LogP contribution in [0.1, 0.15) is 12.8 Å². The summed E-state index contributed by atoms with van der Waals surface area (Å²) in [6, 6.07) is 1.59. The van der Waals surface area contributed by atoms with Crippen LogP contribution in [0, 0.1) is 0 Å². The topological polar surface area (TPSA) is 55.1 Å². The quantitative estimate of drug-likeness (QED) is 0.753. The van der Waals surface area contributed by atoms with E-state index < -0.39 is 11.5 Å². The average Bonchev–Trinajstić information content (AvgIpc) is 2.71. The first-order valence-electron chi connectivity index (χ1n) is 3.60. The zero-order valence-electron chi connectivity index (χ0n) is 6.20. The second kappa shape index (κ2) is 2.23. The van der Waals surface area contributed by atoms with E-state index >= 15 is 0 Å². The molecule has 1 fully saturated rings. The summed E-state index contributed by atoms with van der Waals surface area (Å²) < 4.78 is 1.37. The number of hydrogen-bond donors (Lipinski definition) is 1. The van der Waals surface area contributed by atoms with Crippen LogP contribution in [0.3, 0.4) is 0 Å². The van der Waals surface area contributed by atoms with Gasteiger partial charge in [-0.2, -0.15) is 5.10 Å². The van der Waals surface area contributed by atoms with Crippen molar-refractivity contribution in [2.45, 2.75) is 18.4 Å². The van der Waals surface area contributed by atoms with Crippen LogP contribution in [0.2, 0.25) is 5.15 Å². The fourth-order valence-corrected chi connectivity index (χ4v) is 1.50. The minimum atomic E-state index is -0.854. The molecule has 0 aliphatic heterocycles. The highest BCUT2D eigenvalue weighted by Gasteiger charge is 2.54. The van der Waals surface area contributed by atoms with E-state index in [9.17, 15) is 4.79 Å². The first-order valence-corrected chi connectivity index (χ1v) is 3.98. The van der Waals surface area contributed by atoms with Gasteiger partial charge in [0.1, 0.15) is 5.15 Å². The number of rotatable bonds is 2. The Morgan fingerprint density at radius 3 is 2.75 bits per heavy atom. The van der Waals surface area contributed by atoms with Crippen molar-refractivity contribution < 1.29 is 9.90 Å². The number of hydrogen-bond acceptors (Lipinski definition) is 2. The Labute approximate surface area is 73.8 Å². The van der Waals surface area contributed by atoms with Crippen molar-refractivity contribution in [1.29, 1.82) is 0 Å². The Bertz CT molecular complexity index is 330. The Kier molecular flexibility index (Phi) is 1.41. The van der Waals surface area contributed by atoms with E-state index in [1.807, 2.05) is 0 Å². The third kappa shape index (κ3) is 0.845. The van der Waals surface area contributed by atoms with Crippen LogP contribution in [0.5, 0.6) is 0 Å². The lowest BCUT2D eigenvalue weighted by atomic mass is 10.3. The van der Waals surface area contributed by atoms with Crippen LogP contribution in [0.4, 0.5) is 0 Å². The average molecular weight is 187 g/mol. The Morgan fingerprint density at radius 1 is 1.75 bits per heavy atom. The summed E-state index contributed by atoms with van der Waals surface area (Å²) in [4.78, 5) is 10.8. The number of carbonyl (C=O) groups is 1. The molecule has 0 unspecified atom stereocenters. The highest BCUT2D eigenvalue weighted by molar-refractivity contribution is 6.29. The third-order valence-electron chi connectivity index (χ3n) is 2.12. The first kappa shape index (κ1) is 7.61. The zero-order valence-corrected chi connectivity index (χ0v) is 6.95. The lowest BCUT2D eigenvalue weighted by Gasteiger charge is -2.10. The van der Waals surface area contributed by atoms with Gasteiger partial charge in [0, 0.05) is 0 Å². The molecule has 0 atom stereocenters. The second-order valence-corrected chi connectivity index (χ2v) is 3.29. The maximum Gasteiger partial charge on any atom is 0.331 e. The number of carboxylic acid groups (broad SMARTS) is 1. The van der Waals surface area contributed by atoms with E-state index in [1.165, 1.54) is 10.9 Å². The molecule has 1 N–H and O–H groups in total. The molecule has 1 aromatic heterocycles. The predicted molar refractivity (Wildman–Crippen MR) is 42.1 cm³/mol. The fourth-order valence-electron chi connectivity index (χ4n) is 1.24. The monoisotopic (exact) mass is 186 g/mol. The van der Waals surface area contributed by atoms with Gasteiger partial charge in [-0.05, 0) is 18.9 Å². The van der Waals surface area contributed by atoms with Crippen LogP contribution in [0.25, 0.3) is 0 Å². The van der Waals surface area contributed by atoms with Crippen molar-refractivity contribution >= 4 is 17.6 Å². The molecule has 4 nitrogen and oxygen atoms in total. The van der Waals surface area contributed by atoms with Gasteiger partial charge in [0.15, 0.2) is 5.54 Å². The molecular weight excluding hydrogens is 180 g/mol. The van der Waals surface area contributed by atoms with Gasteiger partial charge >= 0.3 is 5.97 Å².